The molecule has 2 aromatic rings. The highest BCUT2D eigenvalue weighted by atomic mass is 15.6. The standard InChI is InChI=1S/C17H22N8/c1-2-4-14-13(3-1)16-20-21-17(24(16)15-9-18-10-23(14)15)25-12(8-19-22-25)7-11-5-6-11/h8-11,13-14,16,20H,1-7H2. The Morgan fingerprint density at radius 3 is 2.96 bits per heavy atom. The van der Waals surface area contributed by atoms with Gasteiger partial charge in [0.2, 0.25) is 0 Å². The van der Waals surface area contributed by atoms with Crippen LogP contribution in [-0.2, 0) is 6.42 Å². The Labute approximate surface area is 145 Å². The number of nitrogens with zero attached hydrogens (tertiary/aromatic N) is 7. The van der Waals surface area contributed by atoms with Crippen LogP contribution in [0.25, 0.3) is 0 Å². The van der Waals surface area contributed by atoms with Crippen LogP contribution in [0.2, 0.25) is 0 Å². The highest BCUT2D eigenvalue weighted by Crippen LogP contribution is 2.45. The number of anilines is 1. The van der Waals surface area contributed by atoms with E-state index in [1.54, 1.807) is 0 Å². The van der Waals surface area contributed by atoms with E-state index < -0.39 is 0 Å². The lowest BCUT2D eigenvalue weighted by Crippen LogP contribution is -2.54. The summed E-state index contributed by atoms with van der Waals surface area (Å²) in [5.74, 6) is 3.29. The SMILES string of the molecule is c1ncn2c1N1C(n3nncc3CC3CC3)=NNC1C1CCCCC12. The largest absolute Gasteiger partial charge is 0.314 e. The van der Waals surface area contributed by atoms with Gasteiger partial charge in [-0.25, -0.2) is 4.98 Å². The van der Waals surface area contributed by atoms with Crippen LogP contribution in [0.4, 0.5) is 5.82 Å². The maximum absolute atomic E-state index is 4.69. The molecule has 0 spiro atoms. The minimum Gasteiger partial charge on any atom is -0.314 e. The summed E-state index contributed by atoms with van der Waals surface area (Å²) in [6.07, 6.45) is 14.7. The number of aromatic nitrogens is 5. The molecule has 130 valence electrons. The van der Waals surface area contributed by atoms with Crippen molar-refractivity contribution < 1.29 is 0 Å². The van der Waals surface area contributed by atoms with Crippen molar-refractivity contribution in [3.8, 4) is 0 Å². The molecule has 2 aliphatic carbocycles. The molecule has 8 nitrogen and oxygen atoms in total. The zero-order chi connectivity index (χ0) is 16.4. The third kappa shape index (κ3) is 1.99. The van der Waals surface area contributed by atoms with Gasteiger partial charge in [-0.1, -0.05) is 18.1 Å². The molecule has 2 aliphatic heterocycles. The van der Waals surface area contributed by atoms with Crippen LogP contribution in [-0.4, -0.2) is 36.7 Å². The number of hydrogen-bond acceptors (Lipinski definition) is 6. The van der Waals surface area contributed by atoms with Gasteiger partial charge in [0.1, 0.15) is 12.0 Å². The second-order valence-corrected chi connectivity index (χ2v) is 7.82. The van der Waals surface area contributed by atoms with Crippen LogP contribution < -0.4 is 10.3 Å². The molecular formula is C17H22N8. The summed E-state index contributed by atoms with van der Waals surface area (Å²) >= 11 is 0. The minimum atomic E-state index is 0.197. The number of hydrogen-bond donors (Lipinski definition) is 1. The summed E-state index contributed by atoms with van der Waals surface area (Å²) < 4.78 is 4.27. The Morgan fingerprint density at radius 1 is 1.12 bits per heavy atom. The number of fused-ring (bicyclic) bond motifs is 6. The third-order valence-electron chi connectivity index (χ3n) is 6.23. The van der Waals surface area contributed by atoms with Crippen LogP contribution in [0, 0.1) is 11.8 Å². The first-order valence-corrected chi connectivity index (χ1v) is 9.44. The molecule has 0 saturated heterocycles. The van der Waals surface area contributed by atoms with E-state index in [1.807, 2.05) is 23.4 Å². The Balaban J connectivity index is 1.42. The predicted molar refractivity (Wildman–Crippen MR) is 91.9 cm³/mol. The van der Waals surface area contributed by atoms with E-state index >= 15 is 0 Å². The molecule has 3 atom stereocenters. The average Bonchev–Trinajstić information content (AvgIpc) is 3.05. The highest BCUT2D eigenvalue weighted by Gasteiger charge is 2.47. The fraction of sp³-hybridized carbons (Fsp3) is 0.647. The number of nitrogens with one attached hydrogen (secondary N) is 1. The molecule has 25 heavy (non-hydrogen) atoms. The molecular weight excluding hydrogens is 316 g/mol. The molecule has 8 heteroatoms. The van der Waals surface area contributed by atoms with Crippen molar-refractivity contribution in [2.24, 2.45) is 16.9 Å². The van der Waals surface area contributed by atoms with Crippen LogP contribution >= 0.6 is 0 Å². The summed E-state index contributed by atoms with van der Waals surface area (Å²) in [5.41, 5.74) is 4.56. The summed E-state index contributed by atoms with van der Waals surface area (Å²) in [5, 5.41) is 13.2. The molecule has 0 amide bonds. The Hall–Kier alpha value is -2.38. The third-order valence-corrected chi connectivity index (χ3v) is 6.23. The maximum Gasteiger partial charge on any atom is 0.252 e. The lowest BCUT2D eigenvalue weighted by Gasteiger charge is -2.45. The minimum absolute atomic E-state index is 0.197. The topological polar surface area (TPSA) is 76.2 Å². The molecule has 0 aromatic carbocycles. The first-order chi connectivity index (χ1) is 12.4. The monoisotopic (exact) mass is 338 g/mol. The van der Waals surface area contributed by atoms with Gasteiger partial charge in [-0.05, 0) is 38.0 Å². The van der Waals surface area contributed by atoms with Crippen LogP contribution in [0.1, 0.15) is 50.3 Å². The number of hydrazone groups is 1. The maximum atomic E-state index is 4.69. The molecule has 2 fully saturated rings. The predicted octanol–water partition coefficient (Wildman–Crippen LogP) is 1.73. The van der Waals surface area contributed by atoms with Crippen molar-refractivity contribution in [1.82, 2.24) is 30.0 Å². The van der Waals surface area contributed by atoms with Gasteiger partial charge >= 0.3 is 0 Å². The van der Waals surface area contributed by atoms with E-state index in [4.69, 9.17) is 5.10 Å². The van der Waals surface area contributed by atoms with Crippen LogP contribution in [0.5, 0.6) is 0 Å². The summed E-state index contributed by atoms with van der Waals surface area (Å²) in [6.45, 7) is 0. The lowest BCUT2D eigenvalue weighted by molar-refractivity contribution is 0.175. The van der Waals surface area contributed by atoms with Gasteiger partial charge < -0.3 is 4.57 Å². The van der Waals surface area contributed by atoms with E-state index in [1.165, 1.54) is 38.5 Å². The van der Waals surface area contributed by atoms with Crippen molar-refractivity contribution in [3.05, 3.63) is 24.4 Å². The van der Waals surface area contributed by atoms with Crippen LogP contribution in [0.15, 0.2) is 23.8 Å². The van der Waals surface area contributed by atoms with E-state index in [0.29, 0.717) is 12.0 Å². The van der Waals surface area contributed by atoms with E-state index in [-0.39, 0.29) is 6.17 Å². The van der Waals surface area contributed by atoms with Crippen molar-refractivity contribution >= 4 is 11.8 Å². The molecule has 4 aliphatic rings. The zero-order valence-electron chi connectivity index (χ0n) is 14.1. The van der Waals surface area contributed by atoms with E-state index in [2.05, 4.69) is 30.2 Å². The van der Waals surface area contributed by atoms with Crippen molar-refractivity contribution in [2.45, 2.75) is 57.2 Å². The Morgan fingerprint density at radius 2 is 2.04 bits per heavy atom. The van der Waals surface area contributed by atoms with Gasteiger partial charge in [-0.15, -0.1) is 10.2 Å². The van der Waals surface area contributed by atoms with Gasteiger partial charge in [0.25, 0.3) is 5.96 Å². The quantitative estimate of drug-likeness (QED) is 0.902. The molecule has 1 N–H and O–H groups in total. The van der Waals surface area contributed by atoms with Gasteiger partial charge in [0, 0.05) is 12.0 Å². The fourth-order valence-corrected chi connectivity index (χ4v) is 4.82. The second kappa shape index (κ2) is 5.06. The average molecular weight is 338 g/mol. The van der Waals surface area contributed by atoms with Crippen LogP contribution in [0.3, 0.4) is 0 Å². The summed E-state index contributed by atoms with van der Waals surface area (Å²) in [7, 11) is 0. The molecule has 0 radical (unpaired) electrons. The van der Waals surface area contributed by atoms with Gasteiger partial charge in [-0.2, -0.15) is 4.68 Å². The molecule has 3 unspecified atom stereocenters. The molecule has 2 aromatic heterocycles. The molecule has 6 rings (SSSR count). The summed E-state index contributed by atoms with van der Waals surface area (Å²) in [6, 6.07) is 0.524. The van der Waals surface area contributed by atoms with Gasteiger partial charge in [0.05, 0.1) is 24.4 Å². The van der Waals surface area contributed by atoms with Crippen molar-refractivity contribution in [3.63, 3.8) is 0 Å². The van der Waals surface area contributed by atoms with Gasteiger partial charge in [0.15, 0.2) is 0 Å². The molecule has 2 saturated carbocycles. The number of rotatable bonds is 2. The smallest absolute Gasteiger partial charge is 0.252 e. The Bertz CT molecular complexity index is 831. The summed E-state index contributed by atoms with van der Waals surface area (Å²) in [4.78, 5) is 6.73. The lowest BCUT2D eigenvalue weighted by atomic mass is 9.80. The van der Waals surface area contributed by atoms with Crippen molar-refractivity contribution in [1.29, 1.82) is 0 Å². The first-order valence-electron chi connectivity index (χ1n) is 9.44. The van der Waals surface area contributed by atoms with E-state index in [0.717, 1.165) is 29.8 Å². The molecule has 0 bridgehead atoms. The highest BCUT2D eigenvalue weighted by molar-refractivity contribution is 5.98. The van der Waals surface area contributed by atoms with Crippen molar-refractivity contribution in [2.75, 3.05) is 4.90 Å². The van der Waals surface area contributed by atoms with Gasteiger partial charge in [-0.3, -0.25) is 10.3 Å². The fourth-order valence-electron chi connectivity index (χ4n) is 4.82. The normalized spacial score (nSPS) is 30.3. The number of imidazole rings is 1. The zero-order valence-corrected chi connectivity index (χ0v) is 14.1. The first kappa shape index (κ1) is 13.9. The Kier molecular flexibility index (Phi) is 2.81. The molecule has 4 heterocycles. The van der Waals surface area contributed by atoms with E-state index in [9.17, 15) is 0 Å². The second-order valence-electron chi connectivity index (χ2n) is 7.82.